The number of nitrogens with one attached hydrogen (secondary N) is 1. The Morgan fingerprint density at radius 2 is 1.66 bits per heavy atom. The second-order valence-corrected chi connectivity index (χ2v) is 16.5. The average molecular weight is 726 g/mol. The molecular formula is C36H38F2N3O7PS. The van der Waals surface area contributed by atoms with E-state index in [1.807, 2.05) is 54.6 Å². The molecule has 3 aromatic carbocycles. The number of nitrogens with zero attached hydrogens (tertiary/aromatic N) is 2. The molecule has 3 amide bonds. The number of alkyl halides is 2. The number of carbonyl (C=O) groups excluding carboxylic acids is 3. The normalized spacial score (nSPS) is 19.2. The number of rotatable bonds is 7. The molecule has 10 nitrogen and oxygen atoms in total. The van der Waals surface area contributed by atoms with Gasteiger partial charge in [-0.15, -0.1) is 11.3 Å². The molecule has 4 aromatic rings. The van der Waals surface area contributed by atoms with E-state index in [4.69, 9.17) is 4.74 Å². The van der Waals surface area contributed by atoms with Crippen LogP contribution in [0.3, 0.4) is 0 Å². The van der Waals surface area contributed by atoms with Crippen LogP contribution in [-0.4, -0.2) is 69.1 Å². The zero-order valence-electron chi connectivity index (χ0n) is 27.7. The number of halogens is 2. The highest BCUT2D eigenvalue weighted by atomic mass is 32.1. The van der Waals surface area contributed by atoms with Crippen molar-refractivity contribution >= 4 is 46.7 Å². The van der Waals surface area contributed by atoms with Crippen molar-refractivity contribution in [2.24, 2.45) is 5.41 Å². The van der Waals surface area contributed by atoms with Crippen LogP contribution in [0.5, 0.6) is 0 Å². The second-order valence-electron chi connectivity index (χ2n) is 13.7. The fourth-order valence-corrected chi connectivity index (χ4v) is 7.85. The van der Waals surface area contributed by atoms with Gasteiger partial charge in [0.1, 0.15) is 18.2 Å². The van der Waals surface area contributed by atoms with Crippen LogP contribution in [0.1, 0.15) is 58.8 Å². The van der Waals surface area contributed by atoms with Crippen molar-refractivity contribution in [3.05, 3.63) is 106 Å². The van der Waals surface area contributed by atoms with Gasteiger partial charge in [0.2, 0.25) is 11.8 Å². The van der Waals surface area contributed by atoms with Crippen LogP contribution >= 0.6 is 18.9 Å². The summed E-state index contributed by atoms with van der Waals surface area (Å²) in [4.78, 5) is 64.4. The van der Waals surface area contributed by atoms with Crippen molar-refractivity contribution < 1.29 is 42.3 Å². The Labute approximate surface area is 292 Å². The van der Waals surface area contributed by atoms with Gasteiger partial charge in [-0.05, 0) is 45.7 Å². The zero-order chi connectivity index (χ0) is 36.0. The van der Waals surface area contributed by atoms with Crippen LogP contribution in [0.15, 0.2) is 78.9 Å². The molecule has 0 bridgehead atoms. The van der Waals surface area contributed by atoms with Gasteiger partial charge in [0.05, 0.1) is 18.0 Å². The van der Waals surface area contributed by atoms with Crippen LogP contribution in [0.4, 0.5) is 8.78 Å². The van der Waals surface area contributed by atoms with Gasteiger partial charge < -0.3 is 29.6 Å². The van der Waals surface area contributed by atoms with Gasteiger partial charge in [-0.25, -0.2) is 0 Å². The Balaban J connectivity index is 1.27. The monoisotopic (exact) mass is 725 g/mol. The highest BCUT2D eigenvalue weighted by Gasteiger charge is 2.50. The minimum atomic E-state index is -5.79. The SMILES string of the molecule is CC(C)(C)C(NC(=O)c1cc2cc(C(F)(F)P(=O)(O)O)ccc2s1)C(=O)N1Cc2ccccc2CC1C(=O)N1CCO[C@H](c2ccccc2)C1. The molecule has 2 unspecified atom stereocenters. The molecule has 14 heteroatoms. The van der Waals surface area contributed by atoms with Crippen molar-refractivity contribution in [2.75, 3.05) is 19.7 Å². The molecule has 3 atom stereocenters. The maximum absolute atomic E-state index is 14.6. The summed E-state index contributed by atoms with van der Waals surface area (Å²) in [5, 5.41) is 3.05. The number of carbonyl (C=O) groups is 3. The first-order valence-electron chi connectivity index (χ1n) is 16.2. The minimum absolute atomic E-state index is 0.121. The summed E-state index contributed by atoms with van der Waals surface area (Å²) in [6, 6.07) is 19.9. The smallest absolute Gasteiger partial charge is 0.370 e. The largest absolute Gasteiger partial charge is 0.399 e. The van der Waals surface area contributed by atoms with E-state index in [0.717, 1.165) is 40.2 Å². The van der Waals surface area contributed by atoms with Crippen LogP contribution < -0.4 is 5.32 Å². The summed E-state index contributed by atoms with van der Waals surface area (Å²) in [5.74, 6) is -1.26. The highest BCUT2D eigenvalue weighted by molar-refractivity contribution is 7.52. The van der Waals surface area contributed by atoms with Crippen molar-refractivity contribution in [2.45, 2.75) is 57.6 Å². The number of thiophene rings is 1. The first-order valence-corrected chi connectivity index (χ1v) is 18.6. The molecule has 264 valence electrons. The molecule has 0 spiro atoms. The van der Waals surface area contributed by atoms with E-state index in [1.54, 1.807) is 30.6 Å². The predicted octanol–water partition coefficient (Wildman–Crippen LogP) is 5.83. The highest BCUT2D eigenvalue weighted by Crippen LogP contribution is 2.59. The molecule has 3 heterocycles. The minimum Gasteiger partial charge on any atom is -0.370 e. The van der Waals surface area contributed by atoms with E-state index in [-0.39, 0.29) is 28.8 Å². The summed E-state index contributed by atoms with van der Waals surface area (Å²) in [5.41, 5.74) is -3.25. The number of amides is 3. The van der Waals surface area contributed by atoms with E-state index in [1.165, 1.54) is 12.1 Å². The van der Waals surface area contributed by atoms with E-state index >= 15 is 0 Å². The molecule has 6 rings (SSSR count). The maximum Gasteiger partial charge on any atom is 0.399 e. The molecule has 0 radical (unpaired) electrons. The Morgan fingerprint density at radius 1 is 0.980 bits per heavy atom. The van der Waals surface area contributed by atoms with Gasteiger partial charge in [-0.2, -0.15) is 8.78 Å². The number of morpholine rings is 1. The molecule has 0 aliphatic carbocycles. The third kappa shape index (κ3) is 7.11. The Bertz CT molecular complexity index is 1980. The van der Waals surface area contributed by atoms with Gasteiger partial charge in [-0.1, -0.05) is 81.4 Å². The molecule has 0 saturated carbocycles. The molecule has 2 aliphatic heterocycles. The third-order valence-electron chi connectivity index (χ3n) is 9.21. The van der Waals surface area contributed by atoms with Crippen molar-refractivity contribution in [1.82, 2.24) is 15.1 Å². The van der Waals surface area contributed by atoms with Gasteiger partial charge in [0.25, 0.3) is 5.91 Å². The van der Waals surface area contributed by atoms with Crippen molar-refractivity contribution in [1.29, 1.82) is 0 Å². The van der Waals surface area contributed by atoms with Crippen molar-refractivity contribution in [3.63, 3.8) is 0 Å². The van der Waals surface area contributed by atoms with Gasteiger partial charge in [0.15, 0.2) is 0 Å². The van der Waals surface area contributed by atoms with Crippen LogP contribution in [0.2, 0.25) is 0 Å². The van der Waals surface area contributed by atoms with Crippen LogP contribution in [0, 0.1) is 5.41 Å². The number of hydrogen-bond acceptors (Lipinski definition) is 6. The number of ether oxygens (including phenoxy) is 1. The lowest BCUT2D eigenvalue weighted by molar-refractivity contribution is -0.153. The lowest BCUT2D eigenvalue weighted by Crippen LogP contribution is -2.61. The predicted molar refractivity (Wildman–Crippen MR) is 185 cm³/mol. The van der Waals surface area contributed by atoms with Gasteiger partial charge in [0, 0.05) is 29.8 Å². The second kappa shape index (κ2) is 13.6. The zero-order valence-corrected chi connectivity index (χ0v) is 29.4. The van der Waals surface area contributed by atoms with Crippen LogP contribution in [-0.2, 0) is 37.5 Å². The first-order chi connectivity index (χ1) is 23.5. The number of hydrogen-bond donors (Lipinski definition) is 3. The lowest BCUT2D eigenvalue weighted by Gasteiger charge is -2.43. The van der Waals surface area contributed by atoms with E-state index < -0.39 is 48.1 Å². The summed E-state index contributed by atoms with van der Waals surface area (Å²) < 4.78 is 46.7. The fraction of sp³-hybridized carbons (Fsp3) is 0.361. The Morgan fingerprint density at radius 3 is 2.34 bits per heavy atom. The summed E-state index contributed by atoms with van der Waals surface area (Å²) in [6.07, 6.45) is -0.00692. The Kier molecular flexibility index (Phi) is 9.75. The summed E-state index contributed by atoms with van der Waals surface area (Å²) in [7, 11) is -5.79. The Hall–Kier alpha value is -4.00. The quantitative estimate of drug-likeness (QED) is 0.204. The summed E-state index contributed by atoms with van der Waals surface area (Å²) in [6.45, 7) is 6.62. The molecule has 1 saturated heterocycles. The maximum atomic E-state index is 14.6. The van der Waals surface area contributed by atoms with E-state index in [2.05, 4.69) is 5.32 Å². The molecule has 2 aliphatic rings. The van der Waals surface area contributed by atoms with Gasteiger partial charge in [-0.3, -0.25) is 18.9 Å². The number of benzene rings is 3. The molecule has 1 aromatic heterocycles. The molecule has 3 N–H and O–H groups in total. The standard InChI is InChI=1S/C36H38F2N3O7PS/c1-35(2,3)31(39-32(42)30-19-25-17-26(13-14-29(25)50-30)36(37,38)49(45,46)47)34(44)41-20-24-12-8-7-11-23(24)18-27(41)33(43)40-15-16-48-28(21-40)22-9-5-4-6-10-22/h4-14,17,19,27-28,31H,15-16,18,20-21H2,1-3H3,(H,39,42)(H2,45,46,47)/t27?,28-,31?/m0/s1. The topological polar surface area (TPSA) is 136 Å². The van der Waals surface area contributed by atoms with E-state index in [0.29, 0.717) is 30.8 Å². The number of fused-ring (bicyclic) bond motifs is 2. The average Bonchev–Trinajstić information content (AvgIpc) is 3.53. The van der Waals surface area contributed by atoms with Crippen molar-refractivity contribution in [3.8, 4) is 0 Å². The van der Waals surface area contributed by atoms with Gasteiger partial charge >= 0.3 is 13.3 Å². The van der Waals surface area contributed by atoms with E-state index in [9.17, 15) is 37.5 Å². The third-order valence-corrected chi connectivity index (χ3v) is 11.3. The molecule has 50 heavy (non-hydrogen) atoms. The lowest BCUT2D eigenvalue weighted by atomic mass is 9.84. The summed E-state index contributed by atoms with van der Waals surface area (Å²) >= 11 is 0.997. The molecule has 1 fully saturated rings. The molecular weight excluding hydrogens is 687 g/mol. The first kappa shape index (κ1) is 35.8. The van der Waals surface area contributed by atoms with Crippen LogP contribution in [0.25, 0.3) is 10.1 Å². The fourth-order valence-electron chi connectivity index (χ4n) is 6.43.